The van der Waals surface area contributed by atoms with Crippen LogP contribution in [0.2, 0.25) is 0 Å². The minimum Gasteiger partial charge on any atom is -0.490 e. The van der Waals surface area contributed by atoms with Gasteiger partial charge in [0.2, 0.25) is 5.91 Å². The van der Waals surface area contributed by atoms with E-state index in [9.17, 15) is 14.4 Å². The average Bonchev–Trinajstić information content (AvgIpc) is 3.53. The van der Waals surface area contributed by atoms with E-state index in [0.29, 0.717) is 17.2 Å². The lowest BCUT2D eigenvalue weighted by atomic mass is 10.1. The largest absolute Gasteiger partial charge is 0.490 e. The number of methoxy groups -OCH3 is 1. The topological polar surface area (TPSA) is 76.2 Å². The van der Waals surface area contributed by atoms with E-state index in [1.54, 1.807) is 31.3 Å². The first-order valence-electron chi connectivity index (χ1n) is 9.35. The average molecular weight is 374 g/mol. The number of benzene rings is 1. The summed E-state index contributed by atoms with van der Waals surface area (Å²) in [5.41, 5.74) is 0.485. The van der Waals surface area contributed by atoms with E-state index in [-0.39, 0.29) is 24.5 Å². The van der Waals surface area contributed by atoms with Crippen molar-refractivity contribution in [2.45, 2.75) is 31.8 Å². The van der Waals surface area contributed by atoms with E-state index in [2.05, 4.69) is 4.74 Å². The van der Waals surface area contributed by atoms with E-state index >= 15 is 0 Å². The van der Waals surface area contributed by atoms with E-state index in [1.165, 1.54) is 12.0 Å². The Kier molecular flexibility index (Phi) is 5.98. The van der Waals surface area contributed by atoms with E-state index < -0.39 is 5.97 Å². The standard InChI is InChI=1S/C20H26N2O5/c1-21(13-18(23)26-2)19(24)14-5-7-16(8-6-14)27-17-9-11-22(12-10-17)20(25)15-3-4-15/h5-8,15,17H,3-4,9-13H2,1-2H3. The summed E-state index contributed by atoms with van der Waals surface area (Å²) in [4.78, 5) is 38.9. The molecule has 2 aliphatic rings. The fourth-order valence-corrected chi connectivity index (χ4v) is 3.20. The predicted molar refractivity (Wildman–Crippen MR) is 98.4 cm³/mol. The van der Waals surface area contributed by atoms with Gasteiger partial charge in [-0.2, -0.15) is 0 Å². The van der Waals surface area contributed by atoms with Crippen molar-refractivity contribution in [2.24, 2.45) is 5.92 Å². The van der Waals surface area contributed by atoms with Crippen LogP contribution in [0.25, 0.3) is 0 Å². The number of piperidine rings is 1. The Bertz CT molecular complexity index is 691. The second kappa shape index (κ2) is 8.41. The highest BCUT2D eigenvalue weighted by Gasteiger charge is 2.35. The third kappa shape index (κ3) is 4.99. The van der Waals surface area contributed by atoms with Crippen molar-refractivity contribution >= 4 is 17.8 Å². The Morgan fingerprint density at radius 1 is 1.07 bits per heavy atom. The molecule has 7 nitrogen and oxygen atoms in total. The van der Waals surface area contributed by atoms with E-state index in [1.807, 2.05) is 4.90 Å². The van der Waals surface area contributed by atoms with Crippen molar-refractivity contribution in [2.75, 3.05) is 33.8 Å². The molecule has 0 N–H and O–H groups in total. The summed E-state index contributed by atoms with van der Waals surface area (Å²) < 4.78 is 10.6. The smallest absolute Gasteiger partial charge is 0.325 e. The summed E-state index contributed by atoms with van der Waals surface area (Å²) in [6.45, 7) is 1.40. The molecule has 1 saturated heterocycles. The van der Waals surface area contributed by atoms with E-state index in [4.69, 9.17) is 4.74 Å². The van der Waals surface area contributed by atoms with Crippen molar-refractivity contribution < 1.29 is 23.9 Å². The Morgan fingerprint density at radius 2 is 1.70 bits per heavy atom. The number of ether oxygens (including phenoxy) is 2. The third-order valence-electron chi connectivity index (χ3n) is 5.02. The van der Waals surface area contributed by atoms with Crippen LogP contribution < -0.4 is 4.74 Å². The number of esters is 1. The van der Waals surface area contributed by atoms with Gasteiger partial charge < -0.3 is 19.3 Å². The van der Waals surface area contributed by atoms with Crippen molar-refractivity contribution in [1.29, 1.82) is 0 Å². The van der Waals surface area contributed by atoms with Crippen molar-refractivity contribution in [3.8, 4) is 5.75 Å². The Balaban J connectivity index is 1.48. The molecule has 0 atom stereocenters. The molecule has 146 valence electrons. The molecule has 1 aromatic rings. The molecule has 0 radical (unpaired) electrons. The minimum absolute atomic E-state index is 0.0804. The number of likely N-dealkylation sites (tertiary alicyclic amines) is 1. The minimum atomic E-state index is -0.461. The maximum absolute atomic E-state index is 12.3. The molecule has 1 saturated carbocycles. The molecule has 27 heavy (non-hydrogen) atoms. The maximum atomic E-state index is 12.3. The maximum Gasteiger partial charge on any atom is 0.325 e. The zero-order valence-corrected chi connectivity index (χ0v) is 15.8. The van der Waals surface area contributed by atoms with Gasteiger partial charge in [0.05, 0.1) is 7.11 Å². The van der Waals surface area contributed by atoms with Gasteiger partial charge in [0.1, 0.15) is 18.4 Å². The van der Waals surface area contributed by atoms with Crippen LogP contribution >= 0.6 is 0 Å². The zero-order chi connectivity index (χ0) is 19.4. The SMILES string of the molecule is COC(=O)CN(C)C(=O)c1ccc(OC2CCN(C(=O)C3CC3)CC2)cc1. The van der Waals surface area contributed by atoms with Gasteiger partial charge >= 0.3 is 5.97 Å². The summed E-state index contributed by atoms with van der Waals surface area (Å²) >= 11 is 0. The number of hydrogen-bond donors (Lipinski definition) is 0. The second-order valence-corrected chi connectivity index (χ2v) is 7.18. The monoisotopic (exact) mass is 374 g/mol. The van der Waals surface area contributed by atoms with Crippen molar-refractivity contribution in [3.63, 3.8) is 0 Å². The van der Waals surface area contributed by atoms with Crippen LogP contribution in [-0.4, -0.2) is 67.5 Å². The fourth-order valence-electron chi connectivity index (χ4n) is 3.20. The normalized spacial score (nSPS) is 17.3. The summed E-state index contributed by atoms with van der Waals surface area (Å²) in [7, 11) is 2.85. The molecular weight excluding hydrogens is 348 g/mol. The first kappa shape index (κ1) is 19.2. The van der Waals surface area contributed by atoms with Crippen LogP contribution in [0.4, 0.5) is 0 Å². The van der Waals surface area contributed by atoms with Crippen LogP contribution in [0.5, 0.6) is 5.75 Å². The van der Waals surface area contributed by atoms with Crippen LogP contribution in [0.15, 0.2) is 24.3 Å². The highest BCUT2D eigenvalue weighted by molar-refractivity contribution is 5.95. The molecule has 0 aromatic heterocycles. The molecular formula is C20H26N2O5. The van der Waals surface area contributed by atoms with Gasteiger partial charge in [-0.1, -0.05) is 0 Å². The summed E-state index contributed by atoms with van der Waals surface area (Å²) in [6, 6.07) is 6.91. The number of carbonyl (C=O) groups excluding carboxylic acids is 3. The molecule has 0 bridgehead atoms. The first-order chi connectivity index (χ1) is 13.0. The fraction of sp³-hybridized carbons (Fsp3) is 0.550. The number of carbonyl (C=O) groups is 3. The molecule has 1 aromatic carbocycles. The molecule has 0 spiro atoms. The van der Waals surface area contributed by atoms with Crippen molar-refractivity contribution in [3.05, 3.63) is 29.8 Å². The number of nitrogens with zero attached hydrogens (tertiary/aromatic N) is 2. The van der Waals surface area contributed by atoms with Gasteiger partial charge in [-0.25, -0.2) is 0 Å². The van der Waals surface area contributed by atoms with Gasteiger partial charge in [0, 0.05) is 44.5 Å². The lowest BCUT2D eigenvalue weighted by Gasteiger charge is -2.32. The van der Waals surface area contributed by atoms with Crippen LogP contribution in [0.1, 0.15) is 36.0 Å². The van der Waals surface area contributed by atoms with Gasteiger partial charge in [-0.15, -0.1) is 0 Å². The molecule has 1 aliphatic carbocycles. The lowest BCUT2D eigenvalue weighted by molar-refractivity contribution is -0.141. The number of likely N-dealkylation sites (N-methyl/N-ethyl adjacent to an activating group) is 1. The van der Waals surface area contributed by atoms with Crippen molar-refractivity contribution in [1.82, 2.24) is 9.80 Å². The molecule has 1 aliphatic heterocycles. The van der Waals surface area contributed by atoms with E-state index in [0.717, 1.165) is 38.8 Å². The summed E-state index contributed by atoms with van der Waals surface area (Å²) in [5.74, 6) is 0.558. The van der Waals surface area contributed by atoms with Crippen LogP contribution in [-0.2, 0) is 14.3 Å². The molecule has 7 heteroatoms. The van der Waals surface area contributed by atoms with Crippen LogP contribution in [0.3, 0.4) is 0 Å². The van der Waals surface area contributed by atoms with Gasteiger partial charge in [-0.05, 0) is 37.1 Å². The quantitative estimate of drug-likeness (QED) is 0.709. The number of rotatable bonds is 6. The Hall–Kier alpha value is -2.57. The first-order valence-corrected chi connectivity index (χ1v) is 9.35. The molecule has 3 rings (SSSR count). The highest BCUT2D eigenvalue weighted by atomic mass is 16.5. The number of hydrogen-bond acceptors (Lipinski definition) is 5. The van der Waals surface area contributed by atoms with Gasteiger partial charge in [0.15, 0.2) is 0 Å². The molecule has 1 heterocycles. The molecule has 2 fully saturated rings. The third-order valence-corrected chi connectivity index (χ3v) is 5.02. The second-order valence-electron chi connectivity index (χ2n) is 7.18. The molecule has 2 amide bonds. The predicted octanol–water partition coefficient (Wildman–Crippen LogP) is 1.71. The zero-order valence-electron chi connectivity index (χ0n) is 15.8. The van der Waals surface area contributed by atoms with Gasteiger partial charge in [0.25, 0.3) is 5.91 Å². The highest BCUT2D eigenvalue weighted by Crippen LogP contribution is 2.32. The van der Waals surface area contributed by atoms with Crippen LogP contribution in [0, 0.1) is 5.92 Å². The lowest BCUT2D eigenvalue weighted by Crippen LogP contribution is -2.42. The number of amides is 2. The summed E-state index contributed by atoms with van der Waals surface area (Å²) in [6.07, 6.45) is 3.79. The summed E-state index contributed by atoms with van der Waals surface area (Å²) in [5, 5.41) is 0. The molecule has 0 unspecified atom stereocenters. The van der Waals surface area contributed by atoms with Gasteiger partial charge in [-0.3, -0.25) is 14.4 Å². The Labute approximate surface area is 159 Å². The Morgan fingerprint density at radius 3 is 2.26 bits per heavy atom.